The molecule has 0 spiro atoms. The standard InChI is InChI=1S/C8H4Cl2N4O4S2/c9-7-4(14(15)16)3-6(19-7)20(17,18)13-5-1-2-11-8(10)12-5/h1-3H,(H,11,12,13). The minimum atomic E-state index is -4.03. The van der Waals surface area contributed by atoms with Crippen molar-refractivity contribution in [2.45, 2.75) is 4.21 Å². The van der Waals surface area contributed by atoms with Gasteiger partial charge in [-0.25, -0.2) is 13.4 Å². The predicted molar refractivity (Wildman–Crippen MR) is 73.8 cm³/mol. The molecule has 2 rings (SSSR count). The molecular weight excluding hydrogens is 351 g/mol. The SMILES string of the molecule is O=[N+]([O-])c1cc(S(=O)(=O)Nc2ccnc(Cl)n2)sc1Cl. The van der Waals surface area contributed by atoms with Crippen LogP contribution in [0.25, 0.3) is 0 Å². The van der Waals surface area contributed by atoms with Gasteiger partial charge in [-0.2, -0.15) is 4.98 Å². The van der Waals surface area contributed by atoms with Gasteiger partial charge >= 0.3 is 0 Å². The Morgan fingerprint density at radius 1 is 1.40 bits per heavy atom. The van der Waals surface area contributed by atoms with Crippen molar-refractivity contribution in [2.24, 2.45) is 0 Å². The maximum atomic E-state index is 12.0. The van der Waals surface area contributed by atoms with Gasteiger partial charge in [-0.1, -0.05) is 11.6 Å². The fraction of sp³-hybridized carbons (Fsp3) is 0. The fourth-order valence-corrected chi connectivity index (χ4v) is 3.99. The summed E-state index contributed by atoms with van der Waals surface area (Å²) in [6.07, 6.45) is 1.26. The van der Waals surface area contributed by atoms with Gasteiger partial charge in [-0.05, 0) is 17.7 Å². The molecule has 2 aromatic rings. The average molecular weight is 355 g/mol. The highest BCUT2D eigenvalue weighted by molar-refractivity contribution is 7.94. The number of aromatic nitrogens is 2. The minimum Gasteiger partial charge on any atom is -0.263 e. The van der Waals surface area contributed by atoms with Crippen LogP contribution >= 0.6 is 34.5 Å². The Kier molecular flexibility index (Phi) is 4.09. The molecule has 106 valence electrons. The summed E-state index contributed by atoms with van der Waals surface area (Å²) < 4.78 is 25.6. The van der Waals surface area contributed by atoms with Crippen molar-refractivity contribution < 1.29 is 13.3 Å². The molecule has 8 nitrogen and oxygen atoms in total. The van der Waals surface area contributed by atoms with Gasteiger partial charge in [0.15, 0.2) is 4.34 Å². The van der Waals surface area contributed by atoms with E-state index in [0.29, 0.717) is 11.3 Å². The van der Waals surface area contributed by atoms with Crippen LogP contribution in [0.2, 0.25) is 9.62 Å². The molecule has 0 fully saturated rings. The van der Waals surface area contributed by atoms with E-state index in [9.17, 15) is 18.5 Å². The predicted octanol–water partition coefficient (Wildman–Crippen LogP) is 2.55. The second-order valence-electron chi connectivity index (χ2n) is 3.30. The third-order valence-corrected chi connectivity index (χ3v) is 5.32. The molecule has 0 saturated carbocycles. The number of hydrogen-bond acceptors (Lipinski definition) is 7. The van der Waals surface area contributed by atoms with Crippen molar-refractivity contribution in [3.05, 3.63) is 38.1 Å². The zero-order chi connectivity index (χ0) is 14.9. The zero-order valence-electron chi connectivity index (χ0n) is 9.28. The van der Waals surface area contributed by atoms with Gasteiger partial charge in [0, 0.05) is 12.3 Å². The van der Waals surface area contributed by atoms with Crippen LogP contribution in [-0.4, -0.2) is 23.3 Å². The summed E-state index contributed by atoms with van der Waals surface area (Å²) in [5.74, 6) is -0.0582. The quantitative estimate of drug-likeness (QED) is 0.512. The molecule has 12 heteroatoms. The summed E-state index contributed by atoms with van der Waals surface area (Å²) in [4.78, 5) is 17.1. The Morgan fingerprint density at radius 3 is 2.65 bits per heavy atom. The molecule has 0 radical (unpaired) electrons. The normalized spacial score (nSPS) is 11.3. The maximum absolute atomic E-state index is 12.0. The number of nitrogens with zero attached hydrogens (tertiary/aromatic N) is 3. The van der Waals surface area contributed by atoms with Crippen LogP contribution in [0.3, 0.4) is 0 Å². The molecule has 0 aromatic carbocycles. The Labute approximate surface area is 126 Å². The molecular formula is C8H4Cl2N4O4S2. The number of hydrogen-bond donors (Lipinski definition) is 1. The van der Waals surface area contributed by atoms with E-state index in [1.165, 1.54) is 12.3 Å². The molecule has 0 unspecified atom stereocenters. The molecule has 0 aliphatic carbocycles. The zero-order valence-corrected chi connectivity index (χ0v) is 12.4. The first-order valence-corrected chi connectivity index (χ1v) is 7.80. The van der Waals surface area contributed by atoms with Crippen molar-refractivity contribution in [1.82, 2.24) is 9.97 Å². The Morgan fingerprint density at radius 2 is 2.10 bits per heavy atom. The van der Waals surface area contributed by atoms with Gasteiger partial charge < -0.3 is 0 Å². The number of nitrogens with one attached hydrogen (secondary N) is 1. The third-order valence-electron chi connectivity index (χ3n) is 1.97. The second kappa shape index (κ2) is 5.48. The third kappa shape index (κ3) is 3.15. The lowest BCUT2D eigenvalue weighted by Crippen LogP contribution is -2.12. The van der Waals surface area contributed by atoms with Gasteiger partial charge in [0.25, 0.3) is 15.7 Å². The van der Waals surface area contributed by atoms with E-state index in [4.69, 9.17) is 23.2 Å². The van der Waals surface area contributed by atoms with E-state index in [0.717, 1.165) is 6.07 Å². The van der Waals surface area contributed by atoms with Crippen molar-refractivity contribution in [1.29, 1.82) is 0 Å². The first kappa shape index (κ1) is 14.9. The van der Waals surface area contributed by atoms with Gasteiger partial charge in [0.1, 0.15) is 10.0 Å². The smallest absolute Gasteiger partial charge is 0.263 e. The average Bonchev–Trinajstić information content (AvgIpc) is 2.71. The fourth-order valence-electron chi connectivity index (χ4n) is 1.18. The lowest BCUT2D eigenvalue weighted by atomic mass is 10.6. The van der Waals surface area contributed by atoms with Crippen LogP contribution in [0.4, 0.5) is 11.5 Å². The van der Waals surface area contributed by atoms with Crippen molar-refractivity contribution in [3.8, 4) is 0 Å². The summed E-state index contributed by atoms with van der Waals surface area (Å²) in [5, 5.41) is 10.5. The Bertz CT molecular complexity index is 777. The van der Waals surface area contributed by atoms with Crippen molar-refractivity contribution >= 4 is 56.1 Å². The summed E-state index contributed by atoms with van der Waals surface area (Å²) >= 11 is 11.7. The van der Waals surface area contributed by atoms with E-state index in [2.05, 4.69) is 14.7 Å². The molecule has 20 heavy (non-hydrogen) atoms. The minimum absolute atomic E-state index is 0.0582. The molecule has 2 aromatic heterocycles. The number of nitro groups is 1. The topological polar surface area (TPSA) is 115 Å². The van der Waals surface area contributed by atoms with E-state index in [1.807, 2.05) is 0 Å². The molecule has 0 aliphatic rings. The lowest BCUT2D eigenvalue weighted by Gasteiger charge is -2.04. The van der Waals surface area contributed by atoms with Gasteiger partial charge in [0.2, 0.25) is 5.28 Å². The van der Waals surface area contributed by atoms with Crippen LogP contribution in [0.5, 0.6) is 0 Å². The summed E-state index contributed by atoms with van der Waals surface area (Å²) in [7, 11) is -4.03. The highest BCUT2D eigenvalue weighted by Crippen LogP contribution is 2.36. The molecule has 0 atom stereocenters. The molecule has 0 amide bonds. The summed E-state index contributed by atoms with van der Waals surface area (Å²) in [6.45, 7) is 0. The summed E-state index contributed by atoms with van der Waals surface area (Å²) in [6, 6.07) is 2.16. The molecule has 1 N–H and O–H groups in total. The van der Waals surface area contributed by atoms with Crippen LogP contribution in [0, 0.1) is 10.1 Å². The molecule has 0 bridgehead atoms. The molecule has 0 saturated heterocycles. The number of halogens is 2. The lowest BCUT2D eigenvalue weighted by molar-refractivity contribution is -0.384. The van der Waals surface area contributed by atoms with Crippen LogP contribution in [0.1, 0.15) is 0 Å². The van der Waals surface area contributed by atoms with Crippen LogP contribution in [0.15, 0.2) is 22.5 Å². The summed E-state index contributed by atoms with van der Waals surface area (Å²) in [5.41, 5.74) is -0.474. The first-order chi connectivity index (χ1) is 9.29. The highest BCUT2D eigenvalue weighted by atomic mass is 35.5. The second-order valence-corrected chi connectivity index (χ2v) is 7.20. The Balaban J connectivity index is 2.36. The number of rotatable bonds is 4. The number of anilines is 1. The number of sulfonamides is 1. The molecule has 2 heterocycles. The largest absolute Gasteiger partial charge is 0.300 e. The van der Waals surface area contributed by atoms with Crippen LogP contribution in [-0.2, 0) is 10.0 Å². The van der Waals surface area contributed by atoms with Gasteiger partial charge in [-0.15, -0.1) is 11.3 Å². The highest BCUT2D eigenvalue weighted by Gasteiger charge is 2.25. The maximum Gasteiger partial charge on any atom is 0.300 e. The van der Waals surface area contributed by atoms with E-state index >= 15 is 0 Å². The van der Waals surface area contributed by atoms with Gasteiger partial charge in [0.05, 0.1) is 4.92 Å². The van der Waals surface area contributed by atoms with E-state index in [1.54, 1.807) is 0 Å². The van der Waals surface area contributed by atoms with Crippen molar-refractivity contribution in [3.63, 3.8) is 0 Å². The van der Waals surface area contributed by atoms with Crippen molar-refractivity contribution in [2.75, 3.05) is 4.72 Å². The van der Waals surface area contributed by atoms with Crippen LogP contribution < -0.4 is 4.72 Å². The number of thiophene rings is 1. The monoisotopic (exact) mass is 354 g/mol. The van der Waals surface area contributed by atoms with E-state index in [-0.39, 0.29) is 19.6 Å². The van der Waals surface area contributed by atoms with E-state index < -0.39 is 20.6 Å². The molecule has 0 aliphatic heterocycles. The Hall–Kier alpha value is -1.49. The van der Waals surface area contributed by atoms with Gasteiger partial charge in [-0.3, -0.25) is 14.8 Å². The first-order valence-electron chi connectivity index (χ1n) is 4.74.